The topological polar surface area (TPSA) is 94.8 Å². The van der Waals surface area contributed by atoms with Crippen molar-refractivity contribution < 1.29 is 22.7 Å². The van der Waals surface area contributed by atoms with E-state index in [0.29, 0.717) is 22.7 Å². The predicted molar refractivity (Wildman–Crippen MR) is 120 cm³/mol. The van der Waals surface area contributed by atoms with E-state index in [0.717, 1.165) is 11.6 Å². The van der Waals surface area contributed by atoms with Crippen LogP contribution in [-0.4, -0.2) is 38.0 Å². The number of nitrogens with zero attached hydrogens (tertiary/aromatic N) is 5. The van der Waals surface area contributed by atoms with Crippen LogP contribution >= 0.6 is 0 Å². The fourth-order valence-corrected chi connectivity index (χ4v) is 4.32. The number of methoxy groups -OCH3 is 1. The molecule has 1 atom stereocenters. The molecule has 0 saturated heterocycles. The molecule has 0 aliphatic carbocycles. The molecule has 178 valence electrons. The average molecular weight is 480 g/mol. The molecule has 8 nitrogen and oxygen atoms in total. The van der Waals surface area contributed by atoms with Crippen molar-refractivity contribution in [1.82, 2.24) is 25.0 Å². The van der Waals surface area contributed by atoms with Crippen LogP contribution in [0.1, 0.15) is 34.7 Å². The molecule has 2 aromatic carbocycles. The number of hydrogen-bond donors (Lipinski definition) is 1. The van der Waals surface area contributed by atoms with Crippen molar-refractivity contribution >= 4 is 11.7 Å². The fourth-order valence-electron chi connectivity index (χ4n) is 4.32. The molecule has 0 saturated carbocycles. The SMILES string of the molecule is COc1cccc(-c2cnnc(-n3nc(C)c4c3NC(=O)CC4c3ccccc3C(F)(F)F)n2)c1. The van der Waals surface area contributed by atoms with Crippen LogP contribution in [0.3, 0.4) is 0 Å². The minimum atomic E-state index is -4.56. The van der Waals surface area contributed by atoms with Gasteiger partial charge in [-0.05, 0) is 30.7 Å². The highest BCUT2D eigenvalue weighted by atomic mass is 19.4. The van der Waals surface area contributed by atoms with Gasteiger partial charge in [0.2, 0.25) is 5.91 Å². The summed E-state index contributed by atoms with van der Waals surface area (Å²) in [5, 5.41) is 15.3. The molecular formula is C24H19F3N6O2. The van der Waals surface area contributed by atoms with Crippen LogP contribution in [0.5, 0.6) is 5.75 Å². The number of benzene rings is 2. The van der Waals surface area contributed by atoms with E-state index in [1.807, 2.05) is 6.07 Å². The van der Waals surface area contributed by atoms with Gasteiger partial charge in [-0.15, -0.1) is 5.10 Å². The number of halogens is 3. The Morgan fingerprint density at radius 1 is 1.14 bits per heavy atom. The molecule has 0 radical (unpaired) electrons. The summed E-state index contributed by atoms with van der Waals surface area (Å²) in [4.78, 5) is 17.1. The zero-order chi connectivity index (χ0) is 24.7. The standard InChI is InChI=1S/C24H19F3N6O2/c1-13-21-17(16-8-3-4-9-18(16)24(25,26)27)11-20(34)30-22(21)33(32-13)23-29-19(12-28-31-23)14-6-5-7-15(10-14)35-2/h3-10,12,17H,11H2,1-2H3,(H,30,34). The molecule has 4 aromatic rings. The Labute approximate surface area is 197 Å². The Kier molecular flexibility index (Phi) is 5.46. The molecule has 11 heteroatoms. The summed E-state index contributed by atoms with van der Waals surface area (Å²) in [5.41, 5.74) is 1.38. The van der Waals surface area contributed by atoms with Gasteiger partial charge in [0.05, 0.1) is 30.3 Å². The molecule has 1 unspecified atom stereocenters. The maximum atomic E-state index is 13.7. The molecule has 1 aliphatic heterocycles. The van der Waals surface area contributed by atoms with Crippen LogP contribution in [0.25, 0.3) is 17.2 Å². The van der Waals surface area contributed by atoms with E-state index in [9.17, 15) is 18.0 Å². The Morgan fingerprint density at radius 2 is 1.94 bits per heavy atom. The number of amides is 1. The van der Waals surface area contributed by atoms with Gasteiger partial charge in [-0.25, -0.2) is 4.98 Å². The van der Waals surface area contributed by atoms with Gasteiger partial charge in [0.15, 0.2) is 0 Å². The molecule has 3 heterocycles. The van der Waals surface area contributed by atoms with Crippen LogP contribution in [0.2, 0.25) is 0 Å². The summed E-state index contributed by atoms with van der Waals surface area (Å²) in [6.45, 7) is 1.68. The maximum absolute atomic E-state index is 13.7. The summed E-state index contributed by atoms with van der Waals surface area (Å²) in [6, 6.07) is 12.5. The molecule has 5 rings (SSSR count). The highest BCUT2D eigenvalue weighted by molar-refractivity contribution is 5.95. The third kappa shape index (κ3) is 4.09. The summed E-state index contributed by atoms with van der Waals surface area (Å²) >= 11 is 0. The second-order valence-corrected chi connectivity index (χ2v) is 8.02. The van der Waals surface area contributed by atoms with Gasteiger partial charge >= 0.3 is 6.18 Å². The van der Waals surface area contributed by atoms with Gasteiger partial charge in [-0.3, -0.25) is 4.79 Å². The second kappa shape index (κ2) is 8.49. The first kappa shape index (κ1) is 22.5. The molecule has 2 aromatic heterocycles. The minimum absolute atomic E-state index is 0.0166. The average Bonchev–Trinajstić information content (AvgIpc) is 3.19. The van der Waals surface area contributed by atoms with Crippen LogP contribution in [-0.2, 0) is 11.0 Å². The first-order chi connectivity index (χ1) is 16.8. The van der Waals surface area contributed by atoms with E-state index >= 15 is 0 Å². The first-order valence-corrected chi connectivity index (χ1v) is 10.7. The van der Waals surface area contributed by atoms with Gasteiger partial charge in [0.1, 0.15) is 11.6 Å². The van der Waals surface area contributed by atoms with Crippen molar-refractivity contribution in [2.24, 2.45) is 0 Å². The van der Waals surface area contributed by atoms with Crippen molar-refractivity contribution in [2.75, 3.05) is 12.4 Å². The van der Waals surface area contributed by atoms with E-state index in [2.05, 4.69) is 25.6 Å². The van der Waals surface area contributed by atoms with Crippen molar-refractivity contribution in [3.05, 3.63) is 77.1 Å². The van der Waals surface area contributed by atoms with Crippen LogP contribution in [0, 0.1) is 6.92 Å². The molecule has 35 heavy (non-hydrogen) atoms. The van der Waals surface area contributed by atoms with E-state index < -0.39 is 23.6 Å². The van der Waals surface area contributed by atoms with Crippen molar-refractivity contribution in [1.29, 1.82) is 0 Å². The third-order valence-corrected chi connectivity index (χ3v) is 5.85. The third-order valence-electron chi connectivity index (χ3n) is 5.85. The predicted octanol–water partition coefficient (Wildman–Crippen LogP) is 4.53. The number of aromatic nitrogens is 5. The highest BCUT2D eigenvalue weighted by Crippen LogP contribution is 2.44. The van der Waals surface area contributed by atoms with Crippen LogP contribution in [0.15, 0.2) is 54.7 Å². The van der Waals surface area contributed by atoms with Crippen LogP contribution < -0.4 is 10.1 Å². The number of hydrogen-bond acceptors (Lipinski definition) is 6. The van der Waals surface area contributed by atoms with Gasteiger partial charge in [-0.1, -0.05) is 30.3 Å². The fraction of sp³-hybridized carbons (Fsp3) is 0.208. The number of aryl methyl sites for hydroxylation is 1. The van der Waals surface area contributed by atoms with Crippen molar-refractivity contribution in [2.45, 2.75) is 25.4 Å². The molecule has 0 spiro atoms. The lowest BCUT2D eigenvalue weighted by Crippen LogP contribution is -2.26. The van der Waals surface area contributed by atoms with E-state index in [-0.39, 0.29) is 23.8 Å². The van der Waals surface area contributed by atoms with E-state index in [4.69, 9.17) is 4.74 Å². The molecule has 0 fully saturated rings. The highest BCUT2D eigenvalue weighted by Gasteiger charge is 2.39. The number of fused-ring (bicyclic) bond motifs is 1. The number of carbonyl (C=O) groups excluding carboxylic acids is 1. The molecular weight excluding hydrogens is 461 g/mol. The quantitative estimate of drug-likeness (QED) is 0.461. The second-order valence-electron chi connectivity index (χ2n) is 8.02. The molecule has 1 aliphatic rings. The number of anilines is 1. The smallest absolute Gasteiger partial charge is 0.416 e. The number of rotatable bonds is 4. The molecule has 1 amide bonds. The lowest BCUT2D eigenvalue weighted by atomic mass is 9.83. The largest absolute Gasteiger partial charge is 0.497 e. The Morgan fingerprint density at radius 3 is 2.71 bits per heavy atom. The van der Waals surface area contributed by atoms with Crippen LogP contribution in [0.4, 0.5) is 19.0 Å². The number of alkyl halides is 3. The summed E-state index contributed by atoms with van der Waals surface area (Å²) in [6.07, 6.45) is -3.23. The molecule has 1 N–H and O–H groups in total. The first-order valence-electron chi connectivity index (χ1n) is 10.7. The van der Waals surface area contributed by atoms with Crippen molar-refractivity contribution in [3.8, 4) is 23.0 Å². The summed E-state index contributed by atoms with van der Waals surface area (Å²) in [5.74, 6) is -0.337. The number of carbonyl (C=O) groups is 1. The lowest BCUT2D eigenvalue weighted by molar-refractivity contribution is -0.138. The zero-order valence-corrected chi connectivity index (χ0v) is 18.7. The summed E-state index contributed by atoms with van der Waals surface area (Å²) < 4.78 is 47.8. The Bertz CT molecular complexity index is 1430. The zero-order valence-electron chi connectivity index (χ0n) is 18.7. The summed E-state index contributed by atoms with van der Waals surface area (Å²) in [7, 11) is 1.55. The normalized spacial score (nSPS) is 15.5. The van der Waals surface area contributed by atoms with Gasteiger partial charge < -0.3 is 10.1 Å². The van der Waals surface area contributed by atoms with Gasteiger partial charge in [0.25, 0.3) is 5.95 Å². The number of nitrogens with one attached hydrogen (secondary N) is 1. The van der Waals surface area contributed by atoms with Gasteiger partial charge in [-0.2, -0.15) is 28.1 Å². The van der Waals surface area contributed by atoms with E-state index in [1.54, 1.807) is 32.2 Å². The maximum Gasteiger partial charge on any atom is 0.416 e. The Balaban J connectivity index is 1.63. The van der Waals surface area contributed by atoms with E-state index in [1.165, 1.54) is 29.1 Å². The monoisotopic (exact) mass is 480 g/mol. The Hall–Kier alpha value is -4.28. The lowest BCUT2D eigenvalue weighted by Gasteiger charge is -2.26. The van der Waals surface area contributed by atoms with Crippen molar-refractivity contribution in [3.63, 3.8) is 0 Å². The van der Waals surface area contributed by atoms with Gasteiger partial charge in [0, 0.05) is 23.5 Å². The minimum Gasteiger partial charge on any atom is -0.497 e. The molecule has 0 bridgehead atoms. The number of ether oxygens (including phenoxy) is 1.